The largest absolute Gasteiger partial charge is 0.457 e. The lowest BCUT2D eigenvalue weighted by Gasteiger charge is -2.07. The minimum absolute atomic E-state index is 0.663. The molecule has 0 saturated carbocycles. The summed E-state index contributed by atoms with van der Waals surface area (Å²) in [5, 5.41) is 0. The first-order valence-electron chi connectivity index (χ1n) is 6.20. The average Bonchev–Trinajstić information content (AvgIpc) is 2.87. The van der Waals surface area contributed by atoms with Crippen LogP contribution >= 0.6 is 0 Å². The molecule has 0 amide bonds. The zero-order valence-corrected chi connectivity index (χ0v) is 10.1. The first-order chi connectivity index (χ1) is 8.85. The Balaban J connectivity index is 1.81. The van der Waals surface area contributed by atoms with Gasteiger partial charge in [0, 0.05) is 5.56 Å². The van der Waals surface area contributed by atoms with Gasteiger partial charge in [0.25, 0.3) is 0 Å². The zero-order valence-electron chi connectivity index (χ0n) is 10.1. The molecule has 3 rings (SSSR count). The number of benzene rings is 2. The molecule has 2 nitrogen and oxygen atoms in total. The minimum atomic E-state index is 0.663. The number of ether oxygens (including phenoxy) is 1. The summed E-state index contributed by atoms with van der Waals surface area (Å²) < 4.78 is 5.79. The molecule has 0 heterocycles. The highest BCUT2D eigenvalue weighted by atomic mass is 16.5. The Labute approximate surface area is 106 Å². The van der Waals surface area contributed by atoms with Crippen LogP contribution in [0, 0.1) is 0 Å². The van der Waals surface area contributed by atoms with Gasteiger partial charge in [-0.3, -0.25) is 4.79 Å². The molecule has 2 aromatic rings. The van der Waals surface area contributed by atoms with Gasteiger partial charge in [0.05, 0.1) is 0 Å². The topological polar surface area (TPSA) is 26.3 Å². The van der Waals surface area contributed by atoms with Crippen LogP contribution in [0.25, 0.3) is 0 Å². The number of rotatable bonds is 3. The molecule has 2 aromatic carbocycles. The maximum atomic E-state index is 10.6. The standard InChI is InChI=1S/C16H14O2/c17-11-12-4-7-15(8-5-12)18-16-9-6-13-2-1-3-14(13)10-16/h4-11H,1-3H2. The van der Waals surface area contributed by atoms with E-state index in [2.05, 4.69) is 12.1 Å². The third-order valence-corrected chi connectivity index (χ3v) is 3.32. The summed E-state index contributed by atoms with van der Waals surface area (Å²) in [6.45, 7) is 0. The molecular formula is C16H14O2. The predicted octanol–water partition coefficient (Wildman–Crippen LogP) is 3.78. The second-order valence-corrected chi connectivity index (χ2v) is 4.57. The predicted molar refractivity (Wildman–Crippen MR) is 70.4 cm³/mol. The van der Waals surface area contributed by atoms with Gasteiger partial charge in [-0.15, -0.1) is 0 Å². The Hall–Kier alpha value is -2.09. The molecular weight excluding hydrogens is 224 g/mol. The molecule has 0 bridgehead atoms. The van der Waals surface area contributed by atoms with E-state index in [1.54, 1.807) is 12.1 Å². The van der Waals surface area contributed by atoms with Crippen molar-refractivity contribution in [3.63, 3.8) is 0 Å². The van der Waals surface area contributed by atoms with E-state index >= 15 is 0 Å². The zero-order chi connectivity index (χ0) is 12.4. The van der Waals surface area contributed by atoms with Gasteiger partial charge in [-0.25, -0.2) is 0 Å². The van der Waals surface area contributed by atoms with Gasteiger partial charge in [0.1, 0.15) is 17.8 Å². The van der Waals surface area contributed by atoms with E-state index < -0.39 is 0 Å². The van der Waals surface area contributed by atoms with Crippen LogP contribution in [0.2, 0.25) is 0 Å². The van der Waals surface area contributed by atoms with E-state index in [1.165, 1.54) is 24.0 Å². The SMILES string of the molecule is O=Cc1ccc(Oc2ccc3c(c2)CCC3)cc1. The van der Waals surface area contributed by atoms with Crippen molar-refractivity contribution in [2.75, 3.05) is 0 Å². The summed E-state index contributed by atoms with van der Waals surface area (Å²) in [6.07, 6.45) is 4.41. The molecule has 0 N–H and O–H groups in total. The van der Waals surface area contributed by atoms with Gasteiger partial charge in [0.15, 0.2) is 0 Å². The summed E-state index contributed by atoms with van der Waals surface area (Å²) in [5.41, 5.74) is 3.51. The number of carbonyl (C=O) groups excluding carboxylic acids is 1. The Kier molecular flexibility index (Phi) is 2.85. The van der Waals surface area contributed by atoms with Crippen LogP contribution in [0.5, 0.6) is 11.5 Å². The second kappa shape index (κ2) is 4.65. The fourth-order valence-electron chi connectivity index (χ4n) is 2.36. The lowest BCUT2D eigenvalue weighted by Crippen LogP contribution is -1.88. The third kappa shape index (κ3) is 2.14. The van der Waals surface area contributed by atoms with E-state index in [9.17, 15) is 4.79 Å². The van der Waals surface area contributed by atoms with E-state index in [4.69, 9.17) is 4.74 Å². The number of hydrogen-bond acceptors (Lipinski definition) is 2. The van der Waals surface area contributed by atoms with Crippen molar-refractivity contribution in [2.24, 2.45) is 0 Å². The van der Waals surface area contributed by atoms with Gasteiger partial charge >= 0.3 is 0 Å². The highest BCUT2D eigenvalue weighted by molar-refractivity contribution is 5.74. The number of aldehydes is 1. The Bertz CT molecular complexity index is 570. The maximum Gasteiger partial charge on any atom is 0.150 e. The average molecular weight is 238 g/mol. The van der Waals surface area contributed by atoms with Crippen LogP contribution in [0.15, 0.2) is 42.5 Å². The molecule has 0 spiro atoms. The van der Waals surface area contributed by atoms with Gasteiger partial charge in [0.2, 0.25) is 0 Å². The van der Waals surface area contributed by atoms with E-state index in [0.717, 1.165) is 24.2 Å². The van der Waals surface area contributed by atoms with E-state index in [1.807, 2.05) is 18.2 Å². The molecule has 0 aromatic heterocycles. The second-order valence-electron chi connectivity index (χ2n) is 4.57. The first-order valence-corrected chi connectivity index (χ1v) is 6.20. The highest BCUT2D eigenvalue weighted by Gasteiger charge is 2.11. The highest BCUT2D eigenvalue weighted by Crippen LogP contribution is 2.28. The van der Waals surface area contributed by atoms with Crippen LogP contribution in [0.4, 0.5) is 0 Å². The van der Waals surface area contributed by atoms with Crippen LogP contribution in [0.1, 0.15) is 27.9 Å². The van der Waals surface area contributed by atoms with Crippen LogP contribution in [-0.2, 0) is 12.8 Å². The van der Waals surface area contributed by atoms with Crippen molar-refractivity contribution in [3.05, 3.63) is 59.2 Å². The quantitative estimate of drug-likeness (QED) is 0.761. The number of carbonyl (C=O) groups is 1. The van der Waals surface area contributed by atoms with Crippen molar-refractivity contribution < 1.29 is 9.53 Å². The Morgan fingerprint density at radius 3 is 2.39 bits per heavy atom. The Morgan fingerprint density at radius 1 is 0.889 bits per heavy atom. The monoisotopic (exact) mass is 238 g/mol. The fraction of sp³-hybridized carbons (Fsp3) is 0.188. The van der Waals surface area contributed by atoms with Gasteiger partial charge in [-0.05, 0) is 66.8 Å². The number of aryl methyl sites for hydroxylation is 2. The van der Waals surface area contributed by atoms with Gasteiger partial charge < -0.3 is 4.74 Å². The van der Waals surface area contributed by atoms with Crippen LogP contribution in [-0.4, -0.2) is 6.29 Å². The normalized spacial score (nSPS) is 13.1. The molecule has 18 heavy (non-hydrogen) atoms. The summed E-state index contributed by atoms with van der Waals surface area (Å²) in [4.78, 5) is 10.6. The van der Waals surface area contributed by atoms with Gasteiger partial charge in [-0.1, -0.05) is 6.07 Å². The van der Waals surface area contributed by atoms with E-state index in [0.29, 0.717) is 5.56 Å². The van der Waals surface area contributed by atoms with Crippen molar-refractivity contribution in [3.8, 4) is 11.5 Å². The molecule has 0 aliphatic heterocycles. The van der Waals surface area contributed by atoms with E-state index in [-0.39, 0.29) is 0 Å². The minimum Gasteiger partial charge on any atom is -0.457 e. The molecule has 0 radical (unpaired) electrons. The lowest BCUT2D eigenvalue weighted by molar-refractivity contribution is 0.112. The van der Waals surface area contributed by atoms with Crippen LogP contribution in [0.3, 0.4) is 0 Å². The van der Waals surface area contributed by atoms with Crippen LogP contribution < -0.4 is 4.74 Å². The molecule has 1 aliphatic rings. The van der Waals surface area contributed by atoms with Crippen molar-refractivity contribution in [1.29, 1.82) is 0 Å². The first kappa shape index (κ1) is 11.0. The molecule has 0 unspecified atom stereocenters. The number of hydrogen-bond donors (Lipinski definition) is 0. The molecule has 0 saturated heterocycles. The summed E-state index contributed by atoms with van der Waals surface area (Å²) in [6, 6.07) is 13.4. The molecule has 0 atom stereocenters. The van der Waals surface area contributed by atoms with Crippen molar-refractivity contribution >= 4 is 6.29 Å². The van der Waals surface area contributed by atoms with Crippen molar-refractivity contribution in [1.82, 2.24) is 0 Å². The third-order valence-electron chi connectivity index (χ3n) is 3.32. The smallest absolute Gasteiger partial charge is 0.150 e. The fourth-order valence-corrected chi connectivity index (χ4v) is 2.36. The summed E-state index contributed by atoms with van der Waals surface area (Å²) in [5.74, 6) is 1.63. The maximum absolute atomic E-state index is 10.6. The lowest BCUT2D eigenvalue weighted by atomic mass is 10.1. The molecule has 90 valence electrons. The van der Waals surface area contributed by atoms with Gasteiger partial charge in [-0.2, -0.15) is 0 Å². The number of fused-ring (bicyclic) bond motifs is 1. The Morgan fingerprint density at radius 2 is 1.61 bits per heavy atom. The van der Waals surface area contributed by atoms with Crippen molar-refractivity contribution in [2.45, 2.75) is 19.3 Å². The molecule has 1 aliphatic carbocycles. The molecule has 2 heteroatoms. The summed E-state index contributed by atoms with van der Waals surface area (Å²) >= 11 is 0. The molecule has 0 fully saturated rings. The summed E-state index contributed by atoms with van der Waals surface area (Å²) in [7, 11) is 0.